The van der Waals surface area contributed by atoms with Gasteiger partial charge in [-0.2, -0.15) is 0 Å². The molecule has 0 fully saturated rings. The van der Waals surface area contributed by atoms with Gasteiger partial charge in [0.1, 0.15) is 6.61 Å². The number of hydrogen-bond acceptors (Lipinski definition) is 4. The van der Waals surface area contributed by atoms with Crippen molar-refractivity contribution in [1.29, 1.82) is 0 Å². The highest BCUT2D eigenvalue weighted by Crippen LogP contribution is 2.17. The molecule has 0 N–H and O–H groups in total. The molecule has 4 nitrogen and oxygen atoms in total. The van der Waals surface area contributed by atoms with Crippen molar-refractivity contribution >= 4 is 23.5 Å². The molecule has 0 aliphatic rings. The summed E-state index contributed by atoms with van der Waals surface area (Å²) in [4.78, 5) is 23.3. The maximum absolute atomic E-state index is 11.9. The van der Waals surface area contributed by atoms with Crippen molar-refractivity contribution in [2.45, 2.75) is 6.61 Å². The van der Waals surface area contributed by atoms with Crippen LogP contribution in [0.4, 0.5) is 0 Å². The summed E-state index contributed by atoms with van der Waals surface area (Å²) in [6.07, 6.45) is 0. The number of halogens is 1. The van der Waals surface area contributed by atoms with Gasteiger partial charge in [-0.25, -0.2) is 9.59 Å². The summed E-state index contributed by atoms with van der Waals surface area (Å²) >= 11 is 5.92. The lowest BCUT2D eigenvalue weighted by Crippen LogP contribution is -2.07. The molecule has 0 aromatic heterocycles. The Balaban J connectivity index is 2.05. The van der Waals surface area contributed by atoms with Gasteiger partial charge in [-0.15, -0.1) is 0 Å². The lowest BCUT2D eigenvalue weighted by molar-refractivity contribution is 0.0473. The number of ether oxygens (including phenoxy) is 2. The number of rotatable bonds is 4. The summed E-state index contributed by atoms with van der Waals surface area (Å²) in [5.41, 5.74) is 1.41. The molecule has 108 valence electrons. The van der Waals surface area contributed by atoms with Crippen LogP contribution in [0.2, 0.25) is 5.02 Å². The third-order valence-electron chi connectivity index (χ3n) is 2.81. The maximum atomic E-state index is 11.9. The van der Waals surface area contributed by atoms with Crippen LogP contribution in [0, 0.1) is 0 Å². The average Bonchev–Trinajstić information content (AvgIpc) is 2.52. The second-order valence-corrected chi connectivity index (χ2v) is 4.66. The molecule has 5 heteroatoms. The molecule has 0 heterocycles. The summed E-state index contributed by atoms with van der Waals surface area (Å²) in [6.45, 7) is 0.0505. The fraction of sp³-hybridized carbons (Fsp3) is 0.125. The van der Waals surface area contributed by atoms with Gasteiger partial charge in [-0.3, -0.25) is 0 Å². The largest absolute Gasteiger partial charge is 0.465 e. The van der Waals surface area contributed by atoms with Crippen LogP contribution in [0.1, 0.15) is 26.3 Å². The number of methoxy groups -OCH3 is 1. The Labute approximate surface area is 127 Å². The predicted molar refractivity (Wildman–Crippen MR) is 78.4 cm³/mol. The quantitative estimate of drug-likeness (QED) is 0.811. The Morgan fingerprint density at radius 3 is 2.52 bits per heavy atom. The minimum absolute atomic E-state index is 0.0505. The molecule has 2 aromatic carbocycles. The van der Waals surface area contributed by atoms with Crippen LogP contribution in [-0.2, 0) is 16.1 Å². The van der Waals surface area contributed by atoms with Gasteiger partial charge in [0.15, 0.2) is 0 Å². The van der Waals surface area contributed by atoms with Gasteiger partial charge < -0.3 is 9.47 Å². The zero-order valence-electron chi connectivity index (χ0n) is 11.3. The Morgan fingerprint density at radius 1 is 1.05 bits per heavy atom. The number of carbonyl (C=O) groups is 2. The molecule has 21 heavy (non-hydrogen) atoms. The van der Waals surface area contributed by atoms with E-state index in [-0.39, 0.29) is 6.61 Å². The Hall–Kier alpha value is -2.33. The minimum Gasteiger partial charge on any atom is -0.465 e. The second-order valence-electron chi connectivity index (χ2n) is 4.25. The first-order chi connectivity index (χ1) is 10.1. The molecule has 0 amide bonds. The Morgan fingerprint density at radius 2 is 1.81 bits per heavy atom. The zero-order chi connectivity index (χ0) is 15.2. The highest BCUT2D eigenvalue weighted by molar-refractivity contribution is 6.33. The molecule has 0 saturated heterocycles. The van der Waals surface area contributed by atoms with Crippen LogP contribution >= 0.6 is 11.6 Å². The van der Waals surface area contributed by atoms with Crippen LogP contribution in [0.25, 0.3) is 0 Å². The lowest BCUT2D eigenvalue weighted by Gasteiger charge is -2.07. The average molecular weight is 305 g/mol. The molecular weight excluding hydrogens is 292 g/mol. The van der Waals surface area contributed by atoms with Crippen LogP contribution < -0.4 is 0 Å². The minimum atomic E-state index is -0.510. The van der Waals surface area contributed by atoms with E-state index < -0.39 is 11.9 Å². The van der Waals surface area contributed by atoms with E-state index in [4.69, 9.17) is 16.3 Å². The van der Waals surface area contributed by atoms with Gasteiger partial charge in [0.25, 0.3) is 0 Å². The van der Waals surface area contributed by atoms with Crippen LogP contribution in [0.15, 0.2) is 48.5 Å². The van der Waals surface area contributed by atoms with Crippen LogP contribution in [-0.4, -0.2) is 19.0 Å². The standard InChI is InChI=1S/C16H13ClO4/c1-20-15(18)12-6-4-5-11(9-12)10-21-16(19)13-7-2-3-8-14(13)17/h2-9H,10H2,1H3. The normalized spacial score (nSPS) is 10.0. The highest BCUT2D eigenvalue weighted by Gasteiger charge is 2.12. The molecule has 0 bridgehead atoms. The predicted octanol–water partition coefficient (Wildman–Crippen LogP) is 3.48. The number of carbonyl (C=O) groups excluding carboxylic acids is 2. The highest BCUT2D eigenvalue weighted by atomic mass is 35.5. The fourth-order valence-corrected chi connectivity index (χ4v) is 1.97. The van der Waals surface area contributed by atoms with Gasteiger partial charge >= 0.3 is 11.9 Å². The van der Waals surface area contributed by atoms with Crippen LogP contribution in [0.3, 0.4) is 0 Å². The molecule has 0 unspecified atom stereocenters. The van der Waals surface area contributed by atoms with E-state index in [1.165, 1.54) is 7.11 Å². The second kappa shape index (κ2) is 6.90. The first kappa shape index (κ1) is 15.1. The molecule has 0 radical (unpaired) electrons. The van der Waals surface area contributed by atoms with Crippen LogP contribution in [0.5, 0.6) is 0 Å². The molecule has 0 spiro atoms. The van der Waals surface area contributed by atoms with Crippen molar-refractivity contribution < 1.29 is 19.1 Å². The lowest BCUT2D eigenvalue weighted by atomic mass is 10.1. The number of esters is 2. The molecule has 2 aromatic rings. The first-order valence-electron chi connectivity index (χ1n) is 6.20. The molecule has 0 aliphatic heterocycles. The van der Waals surface area contributed by atoms with Gasteiger partial charge in [0.05, 0.1) is 23.3 Å². The third kappa shape index (κ3) is 3.83. The molecule has 0 saturated carbocycles. The van der Waals surface area contributed by atoms with Crippen molar-refractivity contribution in [3.05, 3.63) is 70.2 Å². The van der Waals surface area contributed by atoms with E-state index in [1.54, 1.807) is 48.5 Å². The topological polar surface area (TPSA) is 52.6 Å². The maximum Gasteiger partial charge on any atom is 0.339 e. The van der Waals surface area contributed by atoms with Crippen molar-refractivity contribution in [2.75, 3.05) is 7.11 Å². The Kier molecular flexibility index (Phi) is 4.95. The summed E-state index contributed by atoms with van der Waals surface area (Å²) in [6, 6.07) is 13.4. The molecule has 0 aliphatic carbocycles. The molecular formula is C16H13ClO4. The Bertz CT molecular complexity index is 667. The SMILES string of the molecule is COC(=O)c1cccc(COC(=O)c2ccccc2Cl)c1. The third-order valence-corrected chi connectivity index (χ3v) is 3.14. The summed E-state index contributed by atoms with van der Waals surface area (Å²) in [7, 11) is 1.31. The van der Waals surface area contributed by atoms with E-state index >= 15 is 0 Å². The summed E-state index contributed by atoms with van der Waals surface area (Å²) in [5.74, 6) is -0.946. The van der Waals surface area contributed by atoms with Gasteiger partial charge in [-0.1, -0.05) is 35.9 Å². The molecule has 0 atom stereocenters. The first-order valence-corrected chi connectivity index (χ1v) is 6.58. The zero-order valence-corrected chi connectivity index (χ0v) is 12.1. The van der Waals surface area contributed by atoms with Crippen molar-refractivity contribution in [3.8, 4) is 0 Å². The fourth-order valence-electron chi connectivity index (χ4n) is 1.76. The van der Waals surface area contributed by atoms with Crippen molar-refractivity contribution in [1.82, 2.24) is 0 Å². The monoisotopic (exact) mass is 304 g/mol. The van der Waals surface area contributed by atoms with E-state index in [9.17, 15) is 9.59 Å². The van der Waals surface area contributed by atoms with Gasteiger partial charge in [-0.05, 0) is 29.8 Å². The number of hydrogen-bond donors (Lipinski definition) is 0. The summed E-state index contributed by atoms with van der Waals surface area (Å²) in [5, 5.41) is 0.339. The van der Waals surface area contributed by atoms with Gasteiger partial charge in [0, 0.05) is 0 Å². The smallest absolute Gasteiger partial charge is 0.339 e. The van der Waals surface area contributed by atoms with E-state index in [1.807, 2.05) is 0 Å². The van der Waals surface area contributed by atoms with E-state index in [0.29, 0.717) is 21.7 Å². The summed E-state index contributed by atoms with van der Waals surface area (Å²) < 4.78 is 9.83. The van der Waals surface area contributed by atoms with E-state index in [0.717, 1.165) is 0 Å². The van der Waals surface area contributed by atoms with Gasteiger partial charge in [0.2, 0.25) is 0 Å². The van der Waals surface area contributed by atoms with Crippen molar-refractivity contribution in [2.24, 2.45) is 0 Å². The van der Waals surface area contributed by atoms with E-state index in [2.05, 4.69) is 4.74 Å². The van der Waals surface area contributed by atoms with Crippen molar-refractivity contribution in [3.63, 3.8) is 0 Å². The number of benzene rings is 2. The molecule has 2 rings (SSSR count).